The number of halogens is 1. The third kappa shape index (κ3) is 2.55. The van der Waals surface area contributed by atoms with Gasteiger partial charge in [0.05, 0.1) is 22.5 Å². The largest absolute Gasteiger partial charge is 0.514 e. The summed E-state index contributed by atoms with van der Waals surface area (Å²) >= 11 is 0. The van der Waals surface area contributed by atoms with Crippen LogP contribution in [0.15, 0.2) is 12.1 Å². The van der Waals surface area contributed by atoms with E-state index < -0.39 is 24.1 Å². The van der Waals surface area contributed by atoms with Crippen molar-refractivity contribution >= 4 is 19.0 Å². The molecule has 0 aromatic carbocycles. The highest BCUT2D eigenvalue weighted by atomic mass is 19.1. The Labute approximate surface area is 112 Å². The zero-order valence-corrected chi connectivity index (χ0v) is 11.6. The number of carbonyl (C=O) groups excluding carboxylic acids is 1. The molecule has 1 aliphatic heterocycles. The minimum absolute atomic E-state index is 0.0564. The van der Waals surface area contributed by atoms with Crippen LogP contribution in [0.2, 0.25) is 0 Å². The van der Waals surface area contributed by atoms with Gasteiger partial charge in [-0.3, -0.25) is 4.98 Å². The van der Waals surface area contributed by atoms with Crippen LogP contribution in [0.5, 0.6) is 0 Å². The Morgan fingerprint density at radius 2 is 1.84 bits per heavy atom. The van der Waals surface area contributed by atoms with Gasteiger partial charge < -0.3 is 14.1 Å². The van der Waals surface area contributed by atoms with Gasteiger partial charge in [0.15, 0.2) is 0 Å². The number of carbonyl (C=O) groups is 1. The minimum Gasteiger partial charge on any atom is -0.398 e. The third-order valence-corrected chi connectivity index (χ3v) is 3.71. The highest BCUT2D eigenvalue weighted by Gasteiger charge is 2.52. The monoisotopic (exact) mass is 265 g/mol. The number of hydrogen-bond donors (Lipinski definition) is 0. The van der Waals surface area contributed by atoms with Gasteiger partial charge in [-0.05, 0) is 39.8 Å². The molecule has 4 nitrogen and oxygen atoms in total. The van der Waals surface area contributed by atoms with E-state index in [1.807, 2.05) is 27.7 Å². The van der Waals surface area contributed by atoms with Gasteiger partial charge in [0.1, 0.15) is 12.1 Å². The molecular formula is C13H17BFNO3. The lowest BCUT2D eigenvalue weighted by Gasteiger charge is -2.32. The maximum Gasteiger partial charge on any atom is 0.514 e. The quantitative estimate of drug-likeness (QED) is 0.609. The number of rotatable bonds is 3. The van der Waals surface area contributed by atoms with Crippen molar-refractivity contribution in [3.8, 4) is 0 Å². The molecule has 0 unspecified atom stereocenters. The average molecular weight is 265 g/mol. The smallest absolute Gasteiger partial charge is 0.398 e. The highest BCUT2D eigenvalue weighted by Crippen LogP contribution is 2.36. The van der Waals surface area contributed by atoms with E-state index in [1.54, 1.807) is 0 Å². The van der Waals surface area contributed by atoms with E-state index in [0.717, 1.165) is 0 Å². The molecule has 0 amide bonds. The van der Waals surface area contributed by atoms with Crippen molar-refractivity contribution in [1.82, 2.24) is 4.98 Å². The topological polar surface area (TPSA) is 48.4 Å². The van der Waals surface area contributed by atoms with Crippen molar-refractivity contribution in [3.63, 3.8) is 0 Å². The van der Waals surface area contributed by atoms with E-state index in [2.05, 4.69) is 4.98 Å². The third-order valence-electron chi connectivity index (χ3n) is 3.71. The van der Waals surface area contributed by atoms with E-state index in [4.69, 9.17) is 9.31 Å². The standard InChI is InChI=1S/C13H17BFNO3/c1-12(2)13(3,4)19-14(18-12)11-6-5-9(15)10(16-11)7-8-17/h5-6,8H,7H2,1-4H3. The van der Waals surface area contributed by atoms with Crippen molar-refractivity contribution in [3.05, 3.63) is 23.6 Å². The molecule has 0 radical (unpaired) electrons. The van der Waals surface area contributed by atoms with Crippen molar-refractivity contribution in [2.45, 2.75) is 45.3 Å². The van der Waals surface area contributed by atoms with Crippen LogP contribution >= 0.6 is 0 Å². The summed E-state index contributed by atoms with van der Waals surface area (Å²) in [6.45, 7) is 7.73. The number of aldehydes is 1. The first-order valence-corrected chi connectivity index (χ1v) is 6.21. The Balaban J connectivity index is 2.29. The Bertz CT molecular complexity index is 489. The van der Waals surface area contributed by atoms with Gasteiger partial charge in [-0.25, -0.2) is 4.39 Å². The molecule has 2 rings (SSSR count). The second-order valence-corrected chi connectivity index (χ2v) is 5.62. The maximum atomic E-state index is 13.4. The van der Waals surface area contributed by atoms with Crippen molar-refractivity contribution in [2.75, 3.05) is 0 Å². The molecular weight excluding hydrogens is 248 g/mol. The number of nitrogens with zero attached hydrogens (tertiary/aromatic N) is 1. The first-order chi connectivity index (χ1) is 8.77. The van der Waals surface area contributed by atoms with E-state index >= 15 is 0 Å². The molecule has 0 spiro atoms. The van der Waals surface area contributed by atoms with Crippen molar-refractivity contribution in [1.29, 1.82) is 0 Å². The molecule has 0 N–H and O–H groups in total. The Morgan fingerprint density at radius 3 is 2.37 bits per heavy atom. The molecule has 0 aliphatic carbocycles. The van der Waals surface area contributed by atoms with E-state index in [9.17, 15) is 9.18 Å². The summed E-state index contributed by atoms with van der Waals surface area (Å²) in [5, 5.41) is 0. The molecule has 0 atom stereocenters. The zero-order valence-electron chi connectivity index (χ0n) is 11.6. The van der Waals surface area contributed by atoms with Gasteiger partial charge in [0.25, 0.3) is 0 Å². The van der Waals surface area contributed by atoms with E-state index in [0.29, 0.717) is 11.9 Å². The van der Waals surface area contributed by atoms with Crippen LogP contribution in [0.25, 0.3) is 0 Å². The van der Waals surface area contributed by atoms with Crippen LogP contribution in [0.1, 0.15) is 33.4 Å². The molecule has 1 fully saturated rings. The van der Waals surface area contributed by atoms with Gasteiger partial charge in [-0.2, -0.15) is 0 Å². The van der Waals surface area contributed by atoms with Gasteiger partial charge in [-0.1, -0.05) is 0 Å². The Kier molecular flexibility index (Phi) is 3.49. The fraction of sp³-hybridized carbons (Fsp3) is 0.538. The summed E-state index contributed by atoms with van der Waals surface area (Å²) in [4.78, 5) is 14.6. The zero-order chi connectivity index (χ0) is 14.3. The van der Waals surface area contributed by atoms with Crippen molar-refractivity contribution < 1.29 is 18.5 Å². The first kappa shape index (κ1) is 14.2. The number of aromatic nitrogens is 1. The number of pyridine rings is 1. The molecule has 1 saturated heterocycles. The summed E-state index contributed by atoms with van der Waals surface area (Å²) in [7, 11) is -0.643. The first-order valence-electron chi connectivity index (χ1n) is 6.21. The molecule has 1 aromatic heterocycles. The predicted molar refractivity (Wildman–Crippen MR) is 69.7 cm³/mol. The van der Waals surface area contributed by atoms with Gasteiger partial charge in [0.2, 0.25) is 0 Å². The van der Waals surface area contributed by atoms with Crippen LogP contribution in [-0.2, 0) is 20.5 Å². The lowest BCUT2D eigenvalue weighted by molar-refractivity contribution is -0.107. The highest BCUT2D eigenvalue weighted by molar-refractivity contribution is 6.61. The fourth-order valence-corrected chi connectivity index (χ4v) is 1.82. The normalized spacial score (nSPS) is 20.6. The molecule has 0 bridgehead atoms. The van der Waals surface area contributed by atoms with Crippen LogP contribution in [0.3, 0.4) is 0 Å². The fourth-order valence-electron chi connectivity index (χ4n) is 1.82. The van der Waals surface area contributed by atoms with E-state index in [1.165, 1.54) is 12.1 Å². The molecule has 19 heavy (non-hydrogen) atoms. The second kappa shape index (κ2) is 4.69. The van der Waals surface area contributed by atoms with Crippen LogP contribution in [-0.4, -0.2) is 29.6 Å². The lowest BCUT2D eigenvalue weighted by Crippen LogP contribution is -2.41. The molecule has 2 heterocycles. The molecule has 102 valence electrons. The predicted octanol–water partition coefficient (Wildman–Crippen LogP) is 1.26. The summed E-state index contributed by atoms with van der Waals surface area (Å²) in [5.74, 6) is -0.493. The molecule has 1 aromatic rings. The van der Waals surface area contributed by atoms with Gasteiger partial charge in [0, 0.05) is 6.42 Å². The van der Waals surface area contributed by atoms with Gasteiger partial charge >= 0.3 is 7.12 Å². The summed E-state index contributed by atoms with van der Waals surface area (Å²) < 4.78 is 25.1. The van der Waals surface area contributed by atoms with Crippen LogP contribution < -0.4 is 5.59 Å². The average Bonchev–Trinajstić information content (AvgIpc) is 2.51. The number of hydrogen-bond acceptors (Lipinski definition) is 4. The molecule has 0 saturated carbocycles. The van der Waals surface area contributed by atoms with Crippen LogP contribution in [0.4, 0.5) is 4.39 Å². The molecule has 6 heteroatoms. The maximum absolute atomic E-state index is 13.4. The summed E-state index contributed by atoms with van der Waals surface area (Å²) in [5.41, 5.74) is -0.351. The van der Waals surface area contributed by atoms with E-state index in [-0.39, 0.29) is 12.1 Å². The second-order valence-electron chi connectivity index (χ2n) is 5.62. The summed E-state index contributed by atoms with van der Waals surface area (Å²) in [6, 6.07) is 2.80. The summed E-state index contributed by atoms with van der Waals surface area (Å²) in [6.07, 6.45) is 0.568. The lowest BCUT2D eigenvalue weighted by atomic mass is 9.84. The van der Waals surface area contributed by atoms with Gasteiger partial charge in [-0.15, -0.1) is 0 Å². The molecule has 1 aliphatic rings. The minimum atomic E-state index is -0.643. The Morgan fingerprint density at radius 1 is 1.26 bits per heavy atom. The Hall–Kier alpha value is -1.27. The van der Waals surface area contributed by atoms with Crippen molar-refractivity contribution in [2.24, 2.45) is 0 Å². The van der Waals surface area contributed by atoms with Crippen LogP contribution in [0, 0.1) is 5.82 Å². The SMILES string of the molecule is CC1(C)OB(c2ccc(F)c(CC=O)n2)OC1(C)C.